The fourth-order valence-electron chi connectivity index (χ4n) is 4.40. The lowest BCUT2D eigenvalue weighted by molar-refractivity contribution is -0.219. The highest BCUT2D eigenvalue weighted by atomic mass is 19.1. The van der Waals surface area contributed by atoms with Crippen molar-refractivity contribution in [1.29, 1.82) is 0 Å². The van der Waals surface area contributed by atoms with E-state index in [9.17, 15) is 9.59 Å². The fourth-order valence-corrected chi connectivity index (χ4v) is 4.40. The van der Waals surface area contributed by atoms with Crippen molar-refractivity contribution in [1.82, 2.24) is 9.55 Å². The predicted octanol–water partition coefficient (Wildman–Crippen LogP) is 2.97. The molecule has 0 amide bonds. The Morgan fingerprint density at radius 3 is 2.77 bits per heavy atom. The van der Waals surface area contributed by atoms with Crippen LogP contribution in [0.15, 0.2) is 57.3 Å². The van der Waals surface area contributed by atoms with E-state index in [0.717, 1.165) is 29.0 Å². The Morgan fingerprint density at radius 1 is 1.23 bits per heavy atom. The summed E-state index contributed by atoms with van der Waals surface area (Å²) in [5.41, 5.74) is 6.82. The molecule has 12 heteroatoms. The highest BCUT2D eigenvalue weighted by Crippen LogP contribution is 2.43. The number of benzene rings is 1. The highest BCUT2D eigenvalue weighted by molar-refractivity contribution is 5.14. The third kappa shape index (κ3) is 5.98. The number of hydrogen-bond donors (Lipinski definition) is 1. The molecular formula is C23H28FN5O6. The van der Waals surface area contributed by atoms with Gasteiger partial charge in [0.15, 0.2) is 18.7 Å². The number of hydrogen-bond acceptors (Lipinski definition) is 7. The van der Waals surface area contributed by atoms with E-state index in [1.165, 1.54) is 6.20 Å². The summed E-state index contributed by atoms with van der Waals surface area (Å²) in [6, 6.07) is 10.4. The molecule has 1 aromatic carbocycles. The quantitative estimate of drug-likeness (QED) is 0.309. The van der Waals surface area contributed by atoms with Gasteiger partial charge in [0.25, 0.3) is 5.56 Å². The Morgan fingerprint density at radius 2 is 2.06 bits per heavy atom. The first-order chi connectivity index (χ1) is 17.0. The molecular weight excluding hydrogens is 461 g/mol. The first-order valence-corrected chi connectivity index (χ1v) is 11.6. The SMILES string of the molecule is [N-]=[N+]=NCC[C@]1(COC2CCCCO2)O[C@@H](n2ccc(=O)[nH]c2=O)[C@@H](F)[C@H]1OCc1ccccc1. The first kappa shape index (κ1) is 25.1. The van der Waals surface area contributed by atoms with Crippen LogP contribution < -0.4 is 11.2 Å². The Bertz CT molecular complexity index is 1130. The summed E-state index contributed by atoms with van der Waals surface area (Å²) in [6.45, 7) is 0.543. The number of alkyl halides is 1. The normalized spacial score (nSPS) is 28.5. The number of halogens is 1. The minimum Gasteiger partial charge on any atom is -0.367 e. The number of rotatable bonds is 10. The summed E-state index contributed by atoms with van der Waals surface area (Å²) in [5.74, 6) is 0. The monoisotopic (exact) mass is 489 g/mol. The summed E-state index contributed by atoms with van der Waals surface area (Å²) < 4.78 is 40.9. The van der Waals surface area contributed by atoms with Crippen LogP contribution in [-0.4, -0.2) is 53.5 Å². The number of ether oxygens (including phenoxy) is 4. The number of H-pyrrole nitrogens is 1. The Hall–Kier alpha value is -3.02. The van der Waals surface area contributed by atoms with Crippen molar-refractivity contribution in [3.8, 4) is 0 Å². The van der Waals surface area contributed by atoms with Crippen LogP contribution in [0, 0.1) is 0 Å². The number of aromatic nitrogens is 2. The van der Waals surface area contributed by atoms with Crippen molar-refractivity contribution in [2.75, 3.05) is 19.8 Å². The average Bonchev–Trinajstić information content (AvgIpc) is 3.14. The van der Waals surface area contributed by atoms with E-state index in [2.05, 4.69) is 15.0 Å². The molecule has 2 fully saturated rings. The van der Waals surface area contributed by atoms with Crippen LogP contribution in [0.1, 0.15) is 37.5 Å². The second-order valence-corrected chi connectivity index (χ2v) is 8.56. The zero-order valence-corrected chi connectivity index (χ0v) is 19.1. The van der Waals surface area contributed by atoms with E-state index in [-0.39, 0.29) is 26.2 Å². The lowest BCUT2D eigenvalue weighted by atomic mass is 9.92. The van der Waals surface area contributed by atoms with Gasteiger partial charge >= 0.3 is 5.69 Å². The summed E-state index contributed by atoms with van der Waals surface area (Å²) in [6.07, 6.45) is -0.998. The minimum absolute atomic E-state index is 0.00343. The molecule has 5 atom stereocenters. The molecule has 2 aromatic rings. The van der Waals surface area contributed by atoms with Gasteiger partial charge in [-0.1, -0.05) is 35.4 Å². The number of aromatic amines is 1. The number of nitrogens with zero attached hydrogens (tertiary/aromatic N) is 4. The van der Waals surface area contributed by atoms with E-state index in [4.69, 9.17) is 24.5 Å². The van der Waals surface area contributed by atoms with Gasteiger partial charge in [0, 0.05) is 30.3 Å². The molecule has 35 heavy (non-hydrogen) atoms. The lowest BCUT2D eigenvalue weighted by Gasteiger charge is -2.35. The second-order valence-electron chi connectivity index (χ2n) is 8.56. The lowest BCUT2D eigenvalue weighted by Crippen LogP contribution is -2.49. The predicted molar refractivity (Wildman–Crippen MR) is 122 cm³/mol. The summed E-state index contributed by atoms with van der Waals surface area (Å²) in [5, 5.41) is 3.60. The third-order valence-corrected chi connectivity index (χ3v) is 6.18. The Balaban J connectivity index is 1.65. The smallest absolute Gasteiger partial charge is 0.330 e. The molecule has 1 N–H and O–H groups in total. The fraction of sp³-hybridized carbons (Fsp3) is 0.565. The maximum atomic E-state index is 16.0. The summed E-state index contributed by atoms with van der Waals surface area (Å²) >= 11 is 0. The van der Waals surface area contributed by atoms with Crippen molar-refractivity contribution < 1.29 is 23.3 Å². The molecule has 0 saturated carbocycles. The van der Waals surface area contributed by atoms with E-state index in [0.29, 0.717) is 13.0 Å². The zero-order valence-electron chi connectivity index (χ0n) is 19.1. The van der Waals surface area contributed by atoms with Gasteiger partial charge in [-0.25, -0.2) is 9.18 Å². The van der Waals surface area contributed by atoms with Gasteiger partial charge in [-0.15, -0.1) is 0 Å². The molecule has 2 aliphatic rings. The largest absolute Gasteiger partial charge is 0.367 e. The molecule has 188 valence electrons. The van der Waals surface area contributed by atoms with Crippen LogP contribution >= 0.6 is 0 Å². The van der Waals surface area contributed by atoms with E-state index < -0.39 is 41.6 Å². The van der Waals surface area contributed by atoms with Crippen molar-refractivity contribution in [2.45, 2.75) is 62.7 Å². The topological polar surface area (TPSA) is 141 Å². The van der Waals surface area contributed by atoms with Gasteiger partial charge < -0.3 is 18.9 Å². The molecule has 2 saturated heterocycles. The maximum Gasteiger partial charge on any atom is 0.330 e. The van der Waals surface area contributed by atoms with Gasteiger partial charge in [0.1, 0.15) is 11.7 Å². The molecule has 4 rings (SSSR count). The van der Waals surface area contributed by atoms with E-state index >= 15 is 4.39 Å². The standard InChI is InChI=1S/C23H28FN5O6/c24-19-20(33-14-16-6-2-1-3-7-16)23(10-11-26-28-25,15-34-18-8-4-5-13-32-18)35-21(19)29-12-9-17(30)27-22(29)31/h1-3,6-7,9,12,18-21H,4-5,8,10-11,13-15H2,(H,27,30,31)/t18?,19-,20+,21+,23+/m0/s1. The molecule has 3 heterocycles. The third-order valence-electron chi connectivity index (χ3n) is 6.18. The van der Waals surface area contributed by atoms with Crippen LogP contribution in [0.25, 0.3) is 10.4 Å². The number of azide groups is 1. The summed E-state index contributed by atoms with van der Waals surface area (Å²) in [4.78, 5) is 28.9. The van der Waals surface area contributed by atoms with Gasteiger partial charge in [-0.3, -0.25) is 14.3 Å². The van der Waals surface area contributed by atoms with Crippen LogP contribution in [0.5, 0.6) is 0 Å². The van der Waals surface area contributed by atoms with Gasteiger partial charge in [-0.2, -0.15) is 0 Å². The van der Waals surface area contributed by atoms with Crippen LogP contribution in [0.4, 0.5) is 4.39 Å². The van der Waals surface area contributed by atoms with Crippen LogP contribution in [-0.2, 0) is 25.6 Å². The molecule has 2 aliphatic heterocycles. The second kappa shape index (κ2) is 11.6. The molecule has 0 bridgehead atoms. The molecule has 0 radical (unpaired) electrons. The van der Waals surface area contributed by atoms with Crippen molar-refractivity contribution in [3.63, 3.8) is 0 Å². The van der Waals surface area contributed by atoms with E-state index in [1.54, 1.807) is 0 Å². The molecule has 0 aliphatic carbocycles. The molecule has 1 aromatic heterocycles. The Kier molecular flexibility index (Phi) is 8.32. The maximum absolute atomic E-state index is 16.0. The minimum atomic E-state index is -1.79. The zero-order chi connectivity index (χ0) is 24.7. The molecule has 0 spiro atoms. The van der Waals surface area contributed by atoms with Crippen LogP contribution in [0.2, 0.25) is 0 Å². The van der Waals surface area contributed by atoms with E-state index in [1.807, 2.05) is 30.3 Å². The first-order valence-electron chi connectivity index (χ1n) is 11.6. The van der Waals surface area contributed by atoms with Crippen molar-refractivity contribution in [3.05, 3.63) is 79.4 Å². The van der Waals surface area contributed by atoms with Crippen molar-refractivity contribution >= 4 is 0 Å². The van der Waals surface area contributed by atoms with Gasteiger partial charge in [0.2, 0.25) is 0 Å². The molecule has 11 nitrogen and oxygen atoms in total. The van der Waals surface area contributed by atoms with Gasteiger partial charge in [0.05, 0.1) is 13.2 Å². The number of nitrogens with one attached hydrogen (secondary N) is 1. The average molecular weight is 490 g/mol. The Labute approximate surface area is 200 Å². The highest BCUT2D eigenvalue weighted by Gasteiger charge is 2.57. The van der Waals surface area contributed by atoms with Gasteiger partial charge in [-0.05, 0) is 36.8 Å². The molecule has 1 unspecified atom stereocenters. The van der Waals surface area contributed by atoms with Crippen molar-refractivity contribution in [2.24, 2.45) is 5.11 Å². The summed E-state index contributed by atoms with van der Waals surface area (Å²) in [7, 11) is 0. The van der Waals surface area contributed by atoms with Crippen LogP contribution in [0.3, 0.4) is 0 Å².